The van der Waals surface area contributed by atoms with E-state index >= 15 is 0 Å². The van der Waals surface area contributed by atoms with E-state index < -0.39 is 5.97 Å². The predicted molar refractivity (Wildman–Crippen MR) is 97.9 cm³/mol. The Bertz CT molecular complexity index is 887. The van der Waals surface area contributed by atoms with Gasteiger partial charge in [0, 0.05) is 17.4 Å². The zero-order valence-electron chi connectivity index (χ0n) is 13.9. The van der Waals surface area contributed by atoms with E-state index in [2.05, 4.69) is 26.7 Å². The number of carboxylic acids is 1. The van der Waals surface area contributed by atoms with Crippen LogP contribution in [0, 0.1) is 13.8 Å². The Hall–Kier alpha value is -3.41. The molecule has 0 radical (unpaired) electrons. The zero-order chi connectivity index (χ0) is 17.8. The van der Waals surface area contributed by atoms with E-state index in [-0.39, 0.29) is 5.56 Å². The van der Waals surface area contributed by atoms with E-state index in [1.807, 2.05) is 26.0 Å². The number of aryl methyl sites for hydroxylation is 2. The molecule has 0 saturated heterocycles. The minimum absolute atomic E-state index is 0.241. The van der Waals surface area contributed by atoms with Crippen LogP contribution < -0.4 is 10.6 Å². The molecule has 0 saturated carbocycles. The van der Waals surface area contributed by atoms with Gasteiger partial charge in [-0.05, 0) is 61.4 Å². The van der Waals surface area contributed by atoms with E-state index in [9.17, 15) is 4.79 Å². The highest BCUT2D eigenvalue weighted by atomic mass is 16.4. The van der Waals surface area contributed by atoms with Crippen molar-refractivity contribution in [3.05, 3.63) is 71.5 Å². The van der Waals surface area contributed by atoms with Gasteiger partial charge in [-0.25, -0.2) is 14.8 Å². The average Bonchev–Trinajstić information content (AvgIpc) is 2.54. The van der Waals surface area contributed by atoms with Crippen molar-refractivity contribution < 1.29 is 9.90 Å². The SMILES string of the molecule is Cc1cc(C)cc(Nc2cc(Nc3ccc(C(=O)O)cc3)ncn2)c1. The van der Waals surface area contributed by atoms with Crippen LogP contribution in [-0.4, -0.2) is 21.0 Å². The predicted octanol–water partition coefficient (Wildman–Crippen LogP) is 4.28. The quantitative estimate of drug-likeness (QED) is 0.645. The van der Waals surface area contributed by atoms with Crippen molar-refractivity contribution >= 4 is 29.0 Å². The number of aromatic carboxylic acids is 1. The second kappa shape index (κ2) is 7.00. The molecule has 0 bridgehead atoms. The number of benzene rings is 2. The molecule has 25 heavy (non-hydrogen) atoms. The number of nitrogens with zero attached hydrogens (tertiary/aromatic N) is 2. The lowest BCUT2D eigenvalue weighted by molar-refractivity contribution is 0.0697. The first-order valence-electron chi connectivity index (χ1n) is 7.77. The van der Waals surface area contributed by atoms with Crippen LogP contribution >= 0.6 is 0 Å². The monoisotopic (exact) mass is 334 g/mol. The van der Waals surface area contributed by atoms with Gasteiger partial charge < -0.3 is 15.7 Å². The maximum atomic E-state index is 10.9. The third-order valence-corrected chi connectivity index (χ3v) is 3.57. The van der Waals surface area contributed by atoms with Gasteiger partial charge in [-0.2, -0.15) is 0 Å². The molecule has 0 spiro atoms. The zero-order valence-corrected chi connectivity index (χ0v) is 13.9. The number of aromatic nitrogens is 2. The van der Waals surface area contributed by atoms with E-state index in [1.54, 1.807) is 30.3 Å². The minimum Gasteiger partial charge on any atom is -0.478 e. The fraction of sp³-hybridized carbons (Fsp3) is 0.105. The molecule has 0 aliphatic carbocycles. The molecule has 0 aliphatic heterocycles. The first-order valence-corrected chi connectivity index (χ1v) is 7.77. The number of carbonyl (C=O) groups is 1. The van der Waals surface area contributed by atoms with Crippen LogP contribution in [0.4, 0.5) is 23.0 Å². The third kappa shape index (κ3) is 4.32. The van der Waals surface area contributed by atoms with Crippen LogP contribution in [0.1, 0.15) is 21.5 Å². The lowest BCUT2D eigenvalue weighted by Crippen LogP contribution is -2.00. The minimum atomic E-state index is -0.950. The van der Waals surface area contributed by atoms with Crippen LogP contribution in [0.2, 0.25) is 0 Å². The van der Waals surface area contributed by atoms with E-state index in [0.717, 1.165) is 11.4 Å². The molecule has 0 unspecified atom stereocenters. The summed E-state index contributed by atoms with van der Waals surface area (Å²) in [5.74, 6) is 0.336. The summed E-state index contributed by atoms with van der Waals surface area (Å²) >= 11 is 0. The summed E-state index contributed by atoms with van der Waals surface area (Å²) in [5, 5.41) is 15.3. The number of hydrogen-bond acceptors (Lipinski definition) is 5. The van der Waals surface area contributed by atoms with Crippen LogP contribution in [0.15, 0.2) is 54.9 Å². The molecule has 0 aliphatic rings. The maximum absolute atomic E-state index is 10.9. The second-order valence-corrected chi connectivity index (χ2v) is 5.80. The number of hydrogen-bond donors (Lipinski definition) is 3. The summed E-state index contributed by atoms with van der Waals surface area (Å²) in [4.78, 5) is 19.3. The van der Waals surface area contributed by atoms with Gasteiger partial charge in [0.25, 0.3) is 0 Å². The molecule has 3 rings (SSSR count). The highest BCUT2D eigenvalue weighted by Crippen LogP contribution is 2.21. The van der Waals surface area contributed by atoms with Gasteiger partial charge in [-0.3, -0.25) is 0 Å². The van der Waals surface area contributed by atoms with Crippen LogP contribution in [0.5, 0.6) is 0 Å². The maximum Gasteiger partial charge on any atom is 0.335 e. The highest BCUT2D eigenvalue weighted by Gasteiger charge is 2.04. The molecule has 0 fully saturated rings. The molecule has 3 aromatic rings. The molecule has 6 nitrogen and oxygen atoms in total. The fourth-order valence-electron chi connectivity index (χ4n) is 2.53. The Kier molecular flexibility index (Phi) is 4.61. The number of carboxylic acid groups (broad SMARTS) is 1. The van der Waals surface area contributed by atoms with Crippen molar-refractivity contribution in [2.45, 2.75) is 13.8 Å². The summed E-state index contributed by atoms with van der Waals surface area (Å²) in [6.07, 6.45) is 1.47. The van der Waals surface area contributed by atoms with E-state index in [1.165, 1.54) is 17.5 Å². The smallest absolute Gasteiger partial charge is 0.335 e. The molecule has 0 atom stereocenters. The second-order valence-electron chi connectivity index (χ2n) is 5.80. The van der Waals surface area contributed by atoms with Gasteiger partial charge in [-0.1, -0.05) is 6.07 Å². The molecule has 6 heteroatoms. The number of anilines is 4. The lowest BCUT2D eigenvalue weighted by Gasteiger charge is -2.10. The Labute approximate surface area is 145 Å². The van der Waals surface area contributed by atoms with Gasteiger partial charge in [-0.15, -0.1) is 0 Å². The summed E-state index contributed by atoms with van der Waals surface area (Å²) in [5.41, 5.74) is 4.31. The Morgan fingerprint density at radius 1 is 0.840 bits per heavy atom. The van der Waals surface area contributed by atoms with Crippen molar-refractivity contribution in [2.24, 2.45) is 0 Å². The van der Waals surface area contributed by atoms with Gasteiger partial charge in [0.1, 0.15) is 18.0 Å². The number of rotatable bonds is 5. The largest absolute Gasteiger partial charge is 0.478 e. The van der Waals surface area contributed by atoms with E-state index in [0.29, 0.717) is 11.6 Å². The molecule has 3 N–H and O–H groups in total. The molecule has 1 heterocycles. The fourth-order valence-corrected chi connectivity index (χ4v) is 2.53. The summed E-state index contributed by atoms with van der Waals surface area (Å²) in [7, 11) is 0. The van der Waals surface area contributed by atoms with E-state index in [4.69, 9.17) is 5.11 Å². The number of nitrogens with one attached hydrogen (secondary N) is 2. The summed E-state index contributed by atoms with van der Waals surface area (Å²) in [6.45, 7) is 4.10. The van der Waals surface area contributed by atoms with Gasteiger partial charge in [0.15, 0.2) is 0 Å². The molecular weight excluding hydrogens is 316 g/mol. The third-order valence-electron chi connectivity index (χ3n) is 3.57. The standard InChI is InChI=1S/C19H18N4O2/c1-12-7-13(2)9-16(8-12)23-18-10-17(20-11-21-18)22-15-5-3-14(4-6-15)19(24)25/h3-11H,1-2H3,(H,24,25)(H2,20,21,22,23). The van der Waals surface area contributed by atoms with Gasteiger partial charge >= 0.3 is 5.97 Å². The average molecular weight is 334 g/mol. The van der Waals surface area contributed by atoms with Crippen molar-refractivity contribution in [2.75, 3.05) is 10.6 Å². The molecular formula is C19H18N4O2. The summed E-state index contributed by atoms with van der Waals surface area (Å²) < 4.78 is 0. The normalized spacial score (nSPS) is 10.3. The molecule has 0 amide bonds. The molecule has 2 aromatic carbocycles. The topological polar surface area (TPSA) is 87.1 Å². The van der Waals surface area contributed by atoms with Crippen LogP contribution in [0.3, 0.4) is 0 Å². The summed E-state index contributed by atoms with van der Waals surface area (Å²) in [6, 6.07) is 14.5. The van der Waals surface area contributed by atoms with Gasteiger partial charge in [0.05, 0.1) is 5.56 Å². The highest BCUT2D eigenvalue weighted by molar-refractivity contribution is 5.88. The Morgan fingerprint density at radius 2 is 1.40 bits per heavy atom. The lowest BCUT2D eigenvalue weighted by atomic mass is 10.1. The Morgan fingerprint density at radius 3 is 1.96 bits per heavy atom. The molecule has 126 valence electrons. The van der Waals surface area contributed by atoms with Crippen LogP contribution in [0.25, 0.3) is 0 Å². The van der Waals surface area contributed by atoms with Gasteiger partial charge in [0.2, 0.25) is 0 Å². The molecule has 1 aromatic heterocycles. The van der Waals surface area contributed by atoms with Crippen molar-refractivity contribution in [1.82, 2.24) is 9.97 Å². The van der Waals surface area contributed by atoms with Crippen molar-refractivity contribution in [1.29, 1.82) is 0 Å². The first kappa shape index (κ1) is 16.4. The van der Waals surface area contributed by atoms with Crippen molar-refractivity contribution in [3.8, 4) is 0 Å². The first-order chi connectivity index (χ1) is 12.0. The van der Waals surface area contributed by atoms with Crippen molar-refractivity contribution in [3.63, 3.8) is 0 Å². The van der Waals surface area contributed by atoms with Crippen LogP contribution in [-0.2, 0) is 0 Å². The Balaban J connectivity index is 1.75.